The van der Waals surface area contributed by atoms with Gasteiger partial charge in [-0.25, -0.2) is 13.2 Å². The Bertz CT molecular complexity index is 1180. The predicted octanol–water partition coefficient (Wildman–Crippen LogP) is 3.44. The molecule has 0 aliphatic carbocycles. The molecule has 36 heavy (non-hydrogen) atoms. The van der Waals surface area contributed by atoms with Crippen LogP contribution in [-0.2, 0) is 22.7 Å². The van der Waals surface area contributed by atoms with Gasteiger partial charge in [-0.15, -0.1) is 5.10 Å². The number of halogens is 3. The Morgan fingerprint density at radius 3 is 2.33 bits per heavy atom. The molecular formula is C23H31F3N6O3S. The van der Waals surface area contributed by atoms with Crippen LogP contribution in [0.4, 0.5) is 29.5 Å². The zero-order chi connectivity index (χ0) is 26.1. The summed E-state index contributed by atoms with van der Waals surface area (Å²) in [6.45, 7) is 7.03. The topological polar surface area (TPSA) is 90.8 Å². The maximum absolute atomic E-state index is 13.3. The first-order chi connectivity index (χ1) is 16.9. The van der Waals surface area contributed by atoms with E-state index in [9.17, 15) is 26.4 Å². The Balaban J connectivity index is 1.38. The van der Waals surface area contributed by atoms with Crippen molar-refractivity contribution in [3.05, 3.63) is 41.6 Å². The molecule has 0 radical (unpaired) electrons. The number of carbonyl (C=O) groups is 1. The molecule has 2 aliphatic rings. The van der Waals surface area contributed by atoms with E-state index in [0.717, 1.165) is 42.2 Å². The number of nitrogens with one attached hydrogen (secondary N) is 1. The molecule has 4 rings (SSSR count). The van der Waals surface area contributed by atoms with E-state index in [1.165, 1.54) is 18.3 Å². The second-order valence-corrected chi connectivity index (χ2v) is 11.7. The number of benzene rings is 1. The van der Waals surface area contributed by atoms with Crippen LogP contribution in [0.1, 0.15) is 37.8 Å². The van der Waals surface area contributed by atoms with Gasteiger partial charge in [0.2, 0.25) is 10.0 Å². The zero-order valence-electron chi connectivity index (χ0n) is 20.3. The lowest BCUT2D eigenvalue weighted by atomic mass is 10.1. The first-order valence-corrected chi connectivity index (χ1v) is 13.5. The van der Waals surface area contributed by atoms with E-state index in [2.05, 4.69) is 14.7 Å². The van der Waals surface area contributed by atoms with Crippen LogP contribution in [0.25, 0.3) is 0 Å². The minimum Gasteiger partial charge on any atom is -0.371 e. The van der Waals surface area contributed by atoms with Crippen molar-refractivity contribution in [2.45, 2.75) is 44.7 Å². The molecule has 13 heteroatoms. The Kier molecular flexibility index (Phi) is 7.51. The Labute approximate surface area is 208 Å². The van der Waals surface area contributed by atoms with E-state index in [1.54, 1.807) is 24.8 Å². The number of rotatable bonds is 6. The van der Waals surface area contributed by atoms with Gasteiger partial charge in [-0.2, -0.15) is 17.9 Å². The largest absolute Gasteiger partial charge is 0.416 e. The third-order valence-corrected chi connectivity index (χ3v) is 8.28. The van der Waals surface area contributed by atoms with Gasteiger partial charge in [-0.3, -0.25) is 9.62 Å². The number of nitrogens with zero attached hydrogens (tertiary/aromatic N) is 5. The number of aromatic nitrogens is 2. The van der Waals surface area contributed by atoms with Crippen molar-refractivity contribution in [2.75, 3.05) is 48.9 Å². The third-order valence-electron chi connectivity index (χ3n) is 6.55. The fourth-order valence-corrected chi connectivity index (χ4v) is 4.99. The van der Waals surface area contributed by atoms with Crippen molar-refractivity contribution in [3.63, 3.8) is 0 Å². The van der Waals surface area contributed by atoms with Crippen molar-refractivity contribution in [1.82, 2.24) is 19.6 Å². The highest BCUT2D eigenvalue weighted by molar-refractivity contribution is 7.93. The Morgan fingerprint density at radius 1 is 1.06 bits per heavy atom. The molecule has 1 N–H and O–H groups in total. The predicted molar refractivity (Wildman–Crippen MR) is 130 cm³/mol. The molecule has 0 saturated carbocycles. The van der Waals surface area contributed by atoms with Gasteiger partial charge in [0, 0.05) is 63.8 Å². The summed E-state index contributed by atoms with van der Waals surface area (Å²) in [4.78, 5) is 18.6. The van der Waals surface area contributed by atoms with Gasteiger partial charge < -0.3 is 9.80 Å². The lowest BCUT2D eigenvalue weighted by Gasteiger charge is -2.35. The molecule has 198 valence electrons. The fourth-order valence-electron chi connectivity index (χ4n) is 4.36. The van der Waals surface area contributed by atoms with Gasteiger partial charge in [0.05, 0.1) is 10.8 Å². The average Bonchev–Trinajstić information content (AvgIpc) is 3.51. The van der Waals surface area contributed by atoms with Crippen molar-refractivity contribution in [3.8, 4) is 0 Å². The molecule has 3 heterocycles. The molecule has 1 aromatic heterocycles. The molecular weight excluding hydrogens is 497 g/mol. The van der Waals surface area contributed by atoms with Crippen LogP contribution >= 0.6 is 0 Å². The maximum Gasteiger partial charge on any atom is 0.416 e. The Morgan fingerprint density at radius 2 is 1.72 bits per heavy atom. The summed E-state index contributed by atoms with van der Waals surface area (Å²) < 4.78 is 67.5. The number of hydrogen-bond donors (Lipinski definition) is 1. The van der Waals surface area contributed by atoms with Gasteiger partial charge in [-0.1, -0.05) is 6.07 Å². The number of alkyl halides is 3. The average molecular weight is 529 g/mol. The zero-order valence-corrected chi connectivity index (χ0v) is 21.1. The summed E-state index contributed by atoms with van der Waals surface area (Å²) >= 11 is 0. The summed E-state index contributed by atoms with van der Waals surface area (Å²) in [5.74, 6) is 0.0763. The highest BCUT2D eigenvalue weighted by atomic mass is 32.2. The summed E-state index contributed by atoms with van der Waals surface area (Å²) in [5, 5.41) is 3.41. The van der Waals surface area contributed by atoms with Gasteiger partial charge in [-0.05, 0) is 44.4 Å². The van der Waals surface area contributed by atoms with E-state index >= 15 is 0 Å². The van der Waals surface area contributed by atoms with E-state index in [1.807, 2.05) is 4.90 Å². The van der Waals surface area contributed by atoms with Gasteiger partial charge >= 0.3 is 12.2 Å². The molecule has 2 saturated heterocycles. The minimum atomic E-state index is -4.39. The molecule has 1 aromatic carbocycles. The normalized spacial score (nSPS) is 17.7. The van der Waals surface area contributed by atoms with E-state index in [0.29, 0.717) is 38.4 Å². The van der Waals surface area contributed by atoms with Crippen LogP contribution in [0.15, 0.2) is 30.5 Å². The smallest absolute Gasteiger partial charge is 0.371 e. The maximum atomic E-state index is 13.3. The van der Waals surface area contributed by atoms with Gasteiger partial charge in [0.25, 0.3) is 0 Å². The first kappa shape index (κ1) is 26.3. The summed E-state index contributed by atoms with van der Waals surface area (Å²) in [6, 6.07) is 5.02. The summed E-state index contributed by atoms with van der Waals surface area (Å²) in [5.41, 5.74) is 0.838. The highest BCUT2D eigenvalue weighted by Gasteiger charge is 2.32. The van der Waals surface area contributed by atoms with Crippen LogP contribution in [0.5, 0.6) is 0 Å². The number of amides is 1. The number of anilines is 2. The molecule has 0 bridgehead atoms. The van der Waals surface area contributed by atoms with Crippen LogP contribution in [0.2, 0.25) is 0 Å². The molecule has 0 spiro atoms. The van der Waals surface area contributed by atoms with Crippen LogP contribution in [-0.4, -0.2) is 78.5 Å². The quantitative estimate of drug-likeness (QED) is 0.618. The molecule has 2 fully saturated rings. The molecule has 1 amide bonds. The third kappa shape index (κ3) is 5.94. The number of carbonyl (C=O) groups excluding carboxylic acids is 1. The summed E-state index contributed by atoms with van der Waals surface area (Å²) in [7, 11) is -3.57. The first-order valence-electron chi connectivity index (χ1n) is 12.0. The molecule has 2 aliphatic heterocycles. The summed E-state index contributed by atoms with van der Waals surface area (Å²) in [6.07, 6.45) is -1.05. The second-order valence-electron chi connectivity index (χ2n) is 9.42. The number of hydrogen-bond acceptors (Lipinski definition) is 6. The van der Waals surface area contributed by atoms with E-state index in [4.69, 9.17) is 0 Å². The molecule has 0 unspecified atom stereocenters. The van der Waals surface area contributed by atoms with Crippen LogP contribution < -0.4 is 9.62 Å². The Hall–Kier alpha value is -2.80. The van der Waals surface area contributed by atoms with E-state index < -0.39 is 27.0 Å². The van der Waals surface area contributed by atoms with Gasteiger partial charge in [0.15, 0.2) is 5.82 Å². The molecule has 9 nitrogen and oxygen atoms in total. The van der Waals surface area contributed by atoms with Crippen LogP contribution in [0.3, 0.4) is 0 Å². The fraction of sp³-hybridized carbons (Fsp3) is 0.565. The van der Waals surface area contributed by atoms with Crippen molar-refractivity contribution in [1.29, 1.82) is 0 Å². The van der Waals surface area contributed by atoms with Crippen molar-refractivity contribution >= 4 is 27.6 Å². The van der Waals surface area contributed by atoms with Crippen molar-refractivity contribution < 1.29 is 26.4 Å². The van der Waals surface area contributed by atoms with Gasteiger partial charge in [0.1, 0.15) is 0 Å². The minimum absolute atomic E-state index is 0.0763. The molecule has 2 aromatic rings. The second kappa shape index (κ2) is 10.3. The lowest BCUT2D eigenvalue weighted by Crippen LogP contribution is -2.49. The molecule has 0 atom stereocenters. The van der Waals surface area contributed by atoms with Crippen LogP contribution in [0, 0.1) is 0 Å². The number of piperazine rings is 1. The lowest BCUT2D eigenvalue weighted by molar-refractivity contribution is -0.137. The standard InChI is InChI=1S/C23H31F3N6O3S/c1-17(2)36(34,35)28-21-7-10-32(27-21)22(33)31-13-11-29(12-14-31)16-18-5-6-19(23(24,25)26)15-20(18)30-8-3-4-9-30/h5-7,10,15,17H,3-4,8-9,11-14,16H2,1-2H3,(H,27,28). The number of sulfonamides is 1. The monoisotopic (exact) mass is 528 g/mol. The van der Waals surface area contributed by atoms with Crippen molar-refractivity contribution in [2.24, 2.45) is 0 Å². The van der Waals surface area contributed by atoms with E-state index in [-0.39, 0.29) is 11.8 Å². The SMILES string of the molecule is CC(C)S(=O)(=O)Nc1ccn(C(=O)N2CCN(Cc3ccc(C(F)(F)F)cc3N3CCCC3)CC2)n1. The highest BCUT2D eigenvalue weighted by Crippen LogP contribution is 2.35.